The topological polar surface area (TPSA) is 9.72 Å². The van der Waals surface area contributed by atoms with Gasteiger partial charge in [-0.15, -0.1) is 0 Å². The summed E-state index contributed by atoms with van der Waals surface area (Å²) in [6.07, 6.45) is 7.90. The minimum atomic E-state index is 1.04. The Labute approximate surface area is 74.2 Å². The molecular weight excluding hydrogens is 150 g/mol. The van der Waals surface area contributed by atoms with Crippen LogP contribution in [0.1, 0.15) is 6.42 Å². The van der Waals surface area contributed by atoms with E-state index in [4.69, 9.17) is 0 Å². The van der Waals surface area contributed by atoms with Gasteiger partial charge in [0.15, 0.2) is 0 Å². The molecule has 0 bridgehead atoms. The highest BCUT2D eigenvalue weighted by Gasteiger charge is 2.15. The Bertz CT molecular complexity index is 173. The van der Waals surface area contributed by atoms with Crippen LogP contribution in [0.25, 0.3) is 0 Å². The average molecular weight is 166 g/mol. The van der Waals surface area contributed by atoms with Crippen molar-refractivity contribution in [2.45, 2.75) is 6.42 Å². The highest BCUT2D eigenvalue weighted by molar-refractivity contribution is 4.90. The van der Waals surface area contributed by atoms with Crippen molar-refractivity contribution in [3.05, 3.63) is 18.8 Å². The highest BCUT2D eigenvalue weighted by Crippen LogP contribution is 2.10. The zero-order chi connectivity index (χ0) is 8.39. The molecule has 0 amide bonds. The van der Waals surface area contributed by atoms with Crippen LogP contribution < -0.4 is 0 Å². The molecule has 0 aromatic carbocycles. The molecule has 0 aliphatic carbocycles. The number of rotatable bonds is 2. The first-order valence-corrected chi connectivity index (χ1v) is 4.51. The minimum absolute atomic E-state index is 1.04. The van der Waals surface area contributed by atoms with E-state index in [1.807, 2.05) is 0 Å². The predicted octanol–water partition coefficient (Wildman–Crippen LogP) is 0.530. The third kappa shape index (κ3) is 1.72. The maximum Gasteiger partial charge on any atom is 0.0902 e. The fraction of sp³-hybridized carbons (Fsp3) is 0.667. The fourth-order valence-corrected chi connectivity index (χ4v) is 1.71. The summed E-state index contributed by atoms with van der Waals surface area (Å²) in [5, 5.41) is 0. The molecule has 0 N–H and O–H groups in total. The summed E-state index contributed by atoms with van der Waals surface area (Å²) in [6.45, 7) is 4.51. The molecule has 0 aromatic rings. The van der Waals surface area contributed by atoms with Gasteiger partial charge in [-0.2, -0.15) is 0 Å². The predicted molar refractivity (Wildman–Crippen MR) is 49.0 cm³/mol. The van der Waals surface area contributed by atoms with Gasteiger partial charge in [0.1, 0.15) is 0 Å². The molecule has 0 spiro atoms. The van der Waals surface area contributed by atoms with Crippen LogP contribution in [0, 0.1) is 6.42 Å². The third-order valence-corrected chi connectivity index (χ3v) is 2.36. The number of likely N-dealkylation sites (tertiary alicyclic amines) is 1. The molecule has 0 aromatic heterocycles. The van der Waals surface area contributed by atoms with Crippen molar-refractivity contribution in [1.29, 1.82) is 0 Å². The number of nitrogens with zero attached hydrogens (tertiary/aromatic N) is 3. The summed E-state index contributed by atoms with van der Waals surface area (Å²) in [5.74, 6) is 0. The number of hydrogen-bond acceptors (Lipinski definition) is 3. The van der Waals surface area contributed by atoms with Gasteiger partial charge in [-0.1, -0.05) is 0 Å². The van der Waals surface area contributed by atoms with E-state index in [0.29, 0.717) is 0 Å². The Morgan fingerprint density at radius 1 is 1.33 bits per heavy atom. The van der Waals surface area contributed by atoms with Crippen molar-refractivity contribution in [3.8, 4) is 0 Å². The van der Waals surface area contributed by atoms with Crippen LogP contribution in [0.15, 0.2) is 12.4 Å². The first-order chi connectivity index (χ1) is 5.84. The zero-order valence-electron chi connectivity index (χ0n) is 7.61. The van der Waals surface area contributed by atoms with Gasteiger partial charge in [-0.25, -0.2) is 0 Å². The molecule has 0 saturated carbocycles. The van der Waals surface area contributed by atoms with Crippen LogP contribution in [0.4, 0.5) is 0 Å². The van der Waals surface area contributed by atoms with Crippen LogP contribution in [0.5, 0.6) is 0 Å². The van der Waals surface area contributed by atoms with Gasteiger partial charge in [-0.3, -0.25) is 4.90 Å². The molecule has 67 valence electrons. The Morgan fingerprint density at radius 2 is 2.25 bits per heavy atom. The lowest BCUT2D eigenvalue weighted by Crippen LogP contribution is -2.34. The smallest absolute Gasteiger partial charge is 0.0902 e. The van der Waals surface area contributed by atoms with E-state index in [-0.39, 0.29) is 0 Å². The maximum atomic E-state index is 2.46. The van der Waals surface area contributed by atoms with Crippen LogP contribution >= 0.6 is 0 Å². The highest BCUT2D eigenvalue weighted by atomic mass is 15.4. The Balaban J connectivity index is 1.76. The first kappa shape index (κ1) is 7.92. The normalized spacial score (nSPS) is 24.4. The lowest BCUT2D eigenvalue weighted by Gasteiger charge is -2.24. The van der Waals surface area contributed by atoms with Gasteiger partial charge >= 0.3 is 0 Å². The number of hydrogen-bond donors (Lipinski definition) is 0. The zero-order valence-corrected chi connectivity index (χ0v) is 7.61. The lowest BCUT2D eigenvalue weighted by atomic mass is 10.4. The molecule has 12 heavy (non-hydrogen) atoms. The molecule has 3 nitrogen and oxygen atoms in total. The fourth-order valence-electron chi connectivity index (χ4n) is 1.71. The molecule has 3 heteroatoms. The molecule has 2 aliphatic rings. The molecule has 1 fully saturated rings. The minimum Gasteiger partial charge on any atom is -0.362 e. The monoisotopic (exact) mass is 166 g/mol. The van der Waals surface area contributed by atoms with E-state index in [1.165, 1.54) is 13.0 Å². The molecule has 0 atom stereocenters. The van der Waals surface area contributed by atoms with Gasteiger partial charge in [0, 0.05) is 32.5 Å². The van der Waals surface area contributed by atoms with Gasteiger partial charge in [-0.05, 0) is 12.8 Å². The maximum absolute atomic E-state index is 2.46. The van der Waals surface area contributed by atoms with Crippen molar-refractivity contribution < 1.29 is 0 Å². The average Bonchev–Trinajstić information content (AvgIpc) is 2.63. The summed E-state index contributed by atoms with van der Waals surface area (Å²) in [6, 6.07) is 0. The second-order valence-electron chi connectivity index (χ2n) is 3.58. The summed E-state index contributed by atoms with van der Waals surface area (Å²) in [4.78, 5) is 6.99. The van der Waals surface area contributed by atoms with E-state index in [1.54, 1.807) is 0 Å². The van der Waals surface area contributed by atoms with Gasteiger partial charge in [0.05, 0.1) is 13.3 Å². The van der Waals surface area contributed by atoms with Crippen molar-refractivity contribution in [2.24, 2.45) is 0 Å². The van der Waals surface area contributed by atoms with E-state index >= 15 is 0 Å². The van der Waals surface area contributed by atoms with E-state index in [0.717, 1.165) is 19.9 Å². The van der Waals surface area contributed by atoms with Gasteiger partial charge in [0.2, 0.25) is 0 Å². The SMILES string of the molecule is CN1C=CN(CN2C[CH]CC2)C1. The third-order valence-electron chi connectivity index (χ3n) is 2.36. The van der Waals surface area contributed by atoms with E-state index in [2.05, 4.69) is 40.6 Å². The van der Waals surface area contributed by atoms with E-state index in [9.17, 15) is 0 Å². The molecule has 2 aliphatic heterocycles. The molecule has 1 radical (unpaired) electrons. The quantitative estimate of drug-likeness (QED) is 0.592. The summed E-state index contributed by atoms with van der Waals surface area (Å²) in [5.41, 5.74) is 0. The summed E-state index contributed by atoms with van der Waals surface area (Å²) < 4.78 is 0. The Morgan fingerprint density at radius 3 is 2.83 bits per heavy atom. The van der Waals surface area contributed by atoms with Crippen LogP contribution in [0.3, 0.4) is 0 Å². The summed E-state index contributed by atoms with van der Waals surface area (Å²) in [7, 11) is 2.10. The van der Waals surface area contributed by atoms with Crippen molar-refractivity contribution in [1.82, 2.24) is 14.7 Å². The molecule has 0 unspecified atom stereocenters. The van der Waals surface area contributed by atoms with Gasteiger partial charge < -0.3 is 9.80 Å². The lowest BCUT2D eigenvalue weighted by molar-refractivity contribution is 0.183. The van der Waals surface area contributed by atoms with Crippen LogP contribution in [-0.2, 0) is 0 Å². The second kappa shape index (κ2) is 3.35. The molecular formula is C9H16N3. The molecule has 2 rings (SSSR count). The molecule has 2 heterocycles. The Kier molecular flexibility index (Phi) is 2.21. The largest absolute Gasteiger partial charge is 0.362 e. The van der Waals surface area contributed by atoms with Crippen LogP contribution in [-0.4, -0.2) is 48.2 Å². The van der Waals surface area contributed by atoms with Crippen LogP contribution in [0.2, 0.25) is 0 Å². The summed E-state index contributed by atoms with van der Waals surface area (Å²) >= 11 is 0. The van der Waals surface area contributed by atoms with Crippen molar-refractivity contribution in [2.75, 3.05) is 33.5 Å². The van der Waals surface area contributed by atoms with E-state index < -0.39 is 0 Å². The van der Waals surface area contributed by atoms with Crippen molar-refractivity contribution >= 4 is 0 Å². The Hall–Kier alpha value is -0.700. The standard InChI is InChI=1S/C9H16N3/c1-10-6-7-12(8-10)9-11-4-2-3-5-11/h2,6-7H,3-5,8-9H2,1H3. The first-order valence-electron chi connectivity index (χ1n) is 4.51. The van der Waals surface area contributed by atoms with Gasteiger partial charge in [0.25, 0.3) is 0 Å². The molecule has 1 saturated heterocycles. The van der Waals surface area contributed by atoms with Crippen molar-refractivity contribution in [3.63, 3.8) is 0 Å². The second-order valence-corrected chi connectivity index (χ2v) is 3.58.